The number of aromatic nitrogens is 1. The SMILES string of the molecule is [3H]c1cccc2nc(C(=O)N3CCC(C(=O)NC=C)C3)sc12. The van der Waals surface area contributed by atoms with Crippen molar-refractivity contribution in [3.05, 3.63) is 42.0 Å². The Morgan fingerprint density at radius 1 is 1.57 bits per heavy atom. The molecule has 1 aliphatic heterocycles. The van der Waals surface area contributed by atoms with Crippen LogP contribution in [-0.4, -0.2) is 34.8 Å². The minimum atomic E-state index is -0.205. The summed E-state index contributed by atoms with van der Waals surface area (Å²) in [6, 6.07) is 5.61. The molecule has 1 atom stereocenters. The third kappa shape index (κ3) is 2.67. The zero-order valence-corrected chi connectivity index (χ0v) is 12.2. The summed E-state index contributed by atoms with van der Waals surface area (Å²) in [6.45, 7) is 4.40. The van der Waals surface area contributed by atoms with Gasteiger partial charge < -0.3 is 10.2 Å². The van der Waals surface area contributed by atoms with E-state index < -0.39 is 0 Å². The predicted octanol–water partition coefficient (Wildman–Crippen LogP) is 2.02. The number of para-hydroxylation sites is 1. The van der Waals surface area contributed by atoms with E-state index in [2.05, 4.69) is 16.9 Å². The summed E-state index contributed by atoms with van der Waals surface area (Å²) in [7, 11) is 0. The Bertz CT molecular complexity index is 758. The van der Waals surface area contributed by atoms with Crippen molar-refractivity contribution in [3.8, 4) is 0 Å². The molecule has 1 unspecified atom stereocenters. The van der Waals surface area contributed by atoms with Gasteiger partial charge in [-0.1, -0.05) is 18.7 Å². The van der Waals surface area contributed by atoms with Crippen molar-refractivity contribution in [2.75, 3.05) is 13.1 Å². The zero-order valence-electron chi connectivity index (χ0n) is 12.3. The van der Waals surface area contributed by atoms with Gasteiger partial charge in [0.05, 0.1) is 17.5 Å². The molecule has 3 rings (SSSR count). The highest BCUT2D eigenvalue weighted by atomic mass is 32.1. The first kappa shape index (κ1) is 12.5. The highest BCUT2D eigenvalue weighted by Gasteiger charge is 2.32. The topological polar surface area (TPSA) is 62.3 Å². The maximum atomic E-state index is 12.5. The summed E-state index contributed by atoms with van der Waals surface area (Å²) in [5.74, 6) is -0.486. The van der Waals surface area contributed by atoms with Crippen molar-refractivity contribution in [1.29, 1.82) is 0 Å². The minimum absolute atomic E-state index is 0.108. The molecule has 5 nitrogen and oxygen atoms in total. The Labute approximate surface area is 127 Å². The van der Waals surface area contributed by atoms with E-state index in [4.69, 9.17) is 1.37 Å². The van der Waals surface area contributed by atoms with E-state index >= 15 is 0 Å². The Balaban J connectivity index is 1.77. The number of likely N-dealkylation sites (tertiary alicyclic amines) is 1. The Hall–Kier alpha value is -2.21. The van der Waals surface area contributed by atoms with Gasteiger partial charge in [0.1, 0.15) is 0 Å². The molecule has 0 bridgehead atoms. The summed E-state index contributed by atoms with van der Waals surface area (Å²) in [4.78, 5) is 30.3. The van der Waals surface area contributed by atoms with Crippen molar-refractivity contribution in [3.63, 3.8) is 0 Å². The van der Waals surface area contributed by atoms with Crippen LogP contribution < -0.4 is 5.32 Å². The molecule has 1 aromatic carbocycles. The molecular weight excluding hydrogens is 286 g/mol. The quantitative estimate of drug-likeness (QED) is 0.943. The first-order valence-electron chi connectivity index (χ1n) is 7.17. The number of carbonyl (C=O) groups is 2. The number of hydrogen-bond acceptors (Lipinski definition) is 4. The van der Waals surface area contributed by atoms with Crippen molar-refractivity contribution in [2.24, 2.45) is 5.92 Å². The number of amides is 2. The lowest BCUT2D eigenvalue weighted by molar-refractivity contribution is -0.123. The largest absolute Gasteiger partial charge is 0.336 e. The van der Waals surface area contributed by atoms with E-state index in [1.807, 2.05) is 0 Å². The second-order valence-electron chi connectivity index (χ2n) is 4.85. The van der Waals surface area contributed by atoms with Crippen LogP contribution in [0.5, 0.6) is 0 Å². The third-order valence-corrected chi connectivity index (χ3v) is 4.48. The highest BCUT2D eigenvalue weighted by Crippen LogP contribution is 2.25. The fourth-order valence-corrected chi connectivity index (χ4v) is 3.31. The Morgan fingerprint density at radius 2 is 2.43 bits per heavy atom. The molecule has 1 aliphatic rings. The van der Waals surface area contributed by atoms with E-state index in [1.54, 1.807) is 23.1 Å². The molecule has 2 amide bonds. The first-order chi connectivity index (χ1) is 10.6. The van der Waals surface area contributed by atoms with Gasteiger partial charge in [0.25, 0.3) is 5.91 Å². The fraction of sp³-hybridized carbons (Fsp3) is 0.267. The maximum Gasteiger partial charge on any atom is 0.282 e. The van der Waals surface area contributed by atoms with E-state index in [1.165, 1.54) is 17.5 Å². The molecule has 1 fully saturated rings. The van der Waals surface area contributed by atoms with Crippen LogP contribution >= 0.6 is 11.3 Å². The lowest BCUT2D eigenvalue weighted by Crippen LogP contribution is -2.32. The number of hydrogen-bond donors (Lipinski definition) is 1. The van der Waals surface area contributed by atoms with Gasteiger partial charge in [0.15, 0.2) is 5.01 Å². The predicted molar refractivity (Wildman–Crippen MR) is 82.0 cm³/mol. The molecule has 0 radical (unpaired) electrons. The number of nitrogens with one attached hydrogen (secondary N) is 1. The summed E-state index contributed by atoms with van der Waals surface area (Å²) in [5.41, 5.74) is 0.668. The van der Waals surface area contributed by atoms with Crippen LogP contribution in [0.2, 0.25) is 0 Å². The normalized spacial score (nSPS) is 18.6. The monoisotopic (exact) mass is 303 g/mol. The molecule has 2 heterocycles. The van der Waals surface area contributed by atoms with Gasteiger partial charge in [-0.25, -0.2) is 4.98 Å². The third-order valence-electron chi connectivity index (χ3n) is 3.49. The van der Waals surface area contributed by atoms with Crippen LogP contribution in [0.4, 0.5) is 0 Å². The zero-order chi connectivity index (χ0) is 15.7. The van der Waals surface area contributed by atoms with Crippen LogP contribution in [0.15, 0.2) is 37.0 Å². The summed E-state index contributed by atoms with van der Waals surface area (Å²) < 4.78 is 8.56. The molecule has 1 saturated heterocycles. The minimum Gasteiger partial charge on any atom is -0.336 e. The van der Waals surface area contributed by atoms with Crippen LogP contribution in [0.25, 0.3) is 10.2 Å². The maximum absolute atomic E-state index is 12.5. The van der Waals surface area contributed by atoms with Gasteiger partial charge in [-0.3, -0.25) is 9.59 Å². The van der Waals surface area contributed by atoms with Crippen molar-refractivity contribution in [1.82, 2.24) is 15.2 Å². The Kier molecular flexibility index (Phi) is 3.37. The van der Waals surface area contributed by atoms with E-state index in [9.17, 15) is 9.59 Å². The molecule has 21 heavy (non-hydrogen) atoms. The van der Waals surface area contributed by atoms with Crippen LogP contribution in [0.3, 0.4) is 0 Å². The smallest absolute Gasteiger partial charge is 0.282 e. The molecule has 108 valence electrons. The lowest BCUT2D eigenvalue weighted by atomic mass is 10.1. The van der Waals surface area contributed by atoms with E-state index in [-0.39, 0.29) is 17.7 Å². The molecule has 2 aromatic rings. The molecular formula is C15H15N3O2S. The van der Waals surface area contributed by atoms with E-state index in [0.29, 0.717) is 40.8 Å². The Morgan fingerprint density at radius 3 is 3.19 bits per heavy atom. The highest BCUT2D eigenvalue weighted by molar-refractivity contribution is 7.20. The number of benzene rings is 1. The van der Waals surface area contributed by atoms with Crippen molar-refractivity contribution >= 4 is 33.4 Å². The average molecular weight is 303 g/mol. The van der Waals surface area contributed by atoms with Gasteiger partial charge >= 0.3 is 0 Å². The number of carbonyl (C=O) groups excluding carboxylic acids is 2. The number of rotatable bonds is 3. The fourth-order valence-electron chi connectivity index (χ4n) is 2.42. The first-order valence-corrected chi connectivity index (χ1v) is 7.48. The van der Waals surface area contributed by atoms with Crippen LogP contribution in [0.1, 0.15) is 17.6 Å². The van der Waals surface area contributed by atoms with E-state index in [0.717, 1.165) is 0 Å². The second kappa shape index (κ2) is 5.65. The summed E-state index contributed by atoms with van der Waals surface area (Å²) in [6.07, 6.45) is 2.00. The van der Waals surface area contributed by atoms with Crippen LogP contribution in [0, 0.1) is 5.92 Å². The van der Waals surface area contributed by atoms with Gasteiger partial charge in [-0.05, 0) is 24.7 Å². The number of thiazole rings is 1. The van der Waals surface area contributed by atoms with Gasteiger partial charge in [0.2, 0.25) is 5.91 Å². The lowest BCUT2D eigenvalue weighted by Gasteiger charge is -2.14. The average Bonchev–Trinajstić information content (AvgIpc) is 3.14. The molecule has 6 heteroatoms. The summed E-state index contributed by atoms with van der Waals surface area (Å²) in [5, 5.41) is 2.94. The molecule has 0 spiro atoms. The number of nitrogens with zero attached hydrogens (tertiary/aromatic N) is 2. The standard InChI is InChI=1S/C15H15N3O2S/c1-2-16-13(19)10-7-8-18(9-10)15(20)14-17-11-5-3-4-6-12(11)21-14/h2-6,10H,1,7-9H2,(H,16,19)/i6T. The molecule has 1 N–H and O–H groups in total. The van der Waals surface area contributed by atoms with Crippen molar-refractivity contribution in [2.45, 2.75) is 6.42 Å². The molecule has 0 aliphatic carbocycles. The van der Waals surface area contributed by atoms with Gasteiger partial charge in [0, 0.05) is 13.1 Å². The van der Waals surface area contributed by atoms with Crippen molar-refractivity contribution < 1.29 is 11.0 Å². The molecule has 1 aromatic heterocycles. The van der Waals surface area contributed by atoms with Gasteiger partial charge in [-0.2, -0.15) is 0 Å². The van der Waals surface area contributed by atoms with Gasteiger partial charge in [-0.15, -0.1) is 11.3 Å². The summed E-state index contributed by atoms with van der Waals surface area (Å²) >= 11 is 1.23. The second-order valence-corrected chi connectivity index (χ2v) is 5.85. The molecule has 0 saturated carbocycles. The van der Waals surface area contributed by atoms with Crippen LogP contribution in [-0.2, 0) is 4.79 Å². The number of fused-ring (bicyclic) bond motifs is 1.